The lowest BCUT2D eigenvalue weighted by Crippen LogP contribution is -2.64. The van der Waals surface area contributed by atoms with E-state index in [1.165, 1.54) is 19.3 Å². The number of piperazine rings is 1. The van der Waals surface area contributed by atoms with Crippen molar-refractivity contribution in [2.75, 3.05) is 20.8 Å². The van der Waals surface area contributed by atoms with E-state index in [0.29, 0.717) is 17.9 Å². The largest absolute Gasteiger partial charge is 0.497 e. The molecule has 7 heteroatoms. The molecule has 3 heterocycles. The van der Waals surface area contributed by atoms with Gasteiger partial charge in [0.2, 0.25) is 11.8 Å². The Morgan fingerprint density at radius 2 is 1.68 bits per heavy atom. The van der Waals surface area contributed by atoms with Crippen molar-refractivity contribution < 1.29 is 19.1 Å². The summed E-state index contributed by atoms with van der Waals surface area (Å²) in [4.78, 5) is 35.5. The maximum absolute atomic E-state index is 14.2. The Morgan fingerprint density at radius 1 is 0.919 bits per heavy atom. The first-order valence-corrected chi connectivity index (χ1v) is 13.5. The van der Waals surface area contributed by atoms with Crippen molar-refractivity contribution in [3.05, 3.63) is 59.3 Å². The van der Waals surface area contributed by atoms with Crippen LogP contribution in [0.15, 0.2) is 42.5 Å². The van der Waals surface area contributed by atoms with Gasteiger partial charge in [-0.1, -0.05) is 50.3 Å². The van der Waals surface area contributed by atoms with Crippen molar-refractivity contribution in [1.82, 2.24) is 14.8 Å². The van der Waals surface area contributed by atoms with Crippen LogP contribution in [-0.2, 0) is 16.0 Å². The van der Waals surface area contributed by atoms with Crippen LogP contribution < -0.4 is 9.47 Å². The van der Waals surface area contributed by atoms with Crippen molar-refractivity contribution in [2.24, 2.45) is 0 Å². The molecule has 0 bridgehead atoms. The normalized spacial score (nSPS) is 22.9. The van der Waals surface area contributed by atoms with E-state index < -0.39 is 12.1 Å². The van der Waals surface area contributed by atoms with Gasteiger partial charge in [-0.05, 0) is 42.7 Å². The number of nitrogens with one attached hydrogen (secondary N) is 1. The Bertz CT molecular complexity index is 1320. The fourth-order valence-corrected chi connectivity index (χ4v) is 6.72. The Balaban J connectivity index is 1.48. The van der Waals surface area contributed by atoms with Gasteiger partial charge in [0.25, 0.3) is 0 Å². The third kappa shape index (κ3) is 4.05. The molecule has 1 saturated heterocycles. The summed E-state index contributed by atoms with van der Waals surface area (Å²) in [5.74, 6) is 1.42. The molecule has 194 valence electrons. The van der Waals surface area contributed by atoms with E-state index >= 15 is 0 Å². The minimum Gasteiger partial charge on any atom is -0.497 e. The standard InChI is InChI=1S/C30H35N3O4/c1-36-20-14-15-26(37-2)23(16-20)29-28-22(21-12-8-9-13-24(21)31-28)17-25-30(35)32(18-27(34)33(25)29)19-10-6-4-3-5-7-11-19/h8-9,12-16,19,25,29,31H,3-7,10-11,17-18H2,1-2H3/t25-,29?/m0/s1. The molecular formula is C30H35N3O4. The number of ether oxygens (including phenoxy) is 2. The molecule has 1 aliphatic carbocycles. The van der Waals surface area contributed by atoms with Crippen molar-refractivity contribution in [1.29, 1.82) is 0 Å². The number of rotatable bonds is 4. The first-order chi connectivity index (χ1) is 18.1. The molecule has 2 fully saturated rings. The molecule has 7 nitrogen and oxygen atoms in total. The lowest BCUT2D eigenvalue weighted by Gasteiger charge is -2.49. The molecule has 1 saturated carbocycles. The summed E-state index contributed by atoms with van der Waals surface area (Å²) in [5.41, 5.74) is 3.88. The first-order valence-electron chi connectivity index (χ1n) is 13.5. The number of carbonyl (C=O) groups is 2. The first kappa shape index (κ1) is 23.9. The number of fused-ring (bicyclic) bond motifs is 4. The number of benzene rings is 2. The minimum atomic E-state index is -0.542. The highest BCUT2D eigenvalue weighted by Crippen LogP contribution is 2.46. The summed E-state index contributed by atoms with van der Waals surface area (Å²) in [7, 11) is 3.27. The SMILES string of the molecule is COc1ccc(OC)c(C2c3[nH]c4ccccc4c3C[C@H]3C(=O)N(C4CCCCCCC4)CC(=O)N23)c1. The summed E-state index contributed by atoms with van der Waals surface area (Å²) in [6.07, 6.45) is 8.39. The second-order valence-corrected chi connectivity index (χ2v) is 10.6. The van der Waals surface area contributed by atoms with E-state index in [4.69, 9.17) is 9.47 Å². The van der Waals surface area contributed by atoms with Gasteiger partial charge in [0.15, 0.2) is 0 Å². The van der Waals surface area contributed by atoms with Crippen LogP contribution in [0.4, 0.5) is 0 Å². The van der Waals surface area contributed by atoms with Crippen molar-refractivity contribution >= 4 is 22.7 Å². The van der Waals surface area contributed by atoms with Crippen LogP contribution in [-0.4, -0.2) is 59.4 Å². The molecule has 0 radical (unpaired) electrons. The molecule has 37 heavy (non-hydrogen) atoms. The van der Waals surface area contributed by atoms with Crippen LogP contribution in [0, 0.1) is 0 Å². The predicted molar refractivity (Wildman–Crippen MR) is 142 cm³/mol. The Morgan fingerprint density at radius 3 is 2.43 bits per heavy atom. The van der Waals surface area contributed by atoms with Crippen molar-refractivity contribution in [3.63, 3.8) is 0 Å². The lowest BCUT2D eigenvalue weighted by atomic mass is 9.85. The second kappa shape index (κ2) is 9.77. The maximum Gasteiger partial charge on any atom is 0.246 e. The van der Waals surface area contributed by atoms with Crippen molar-refractivity contribution in [2.45, 2.75) is 69.5 Å². The van der Waals surface area contributed by atoms with Gasteiger partial charge in [-0.25, -0.2) is 0 Å². The minimum absolute atomic E-state index is 0.00848. The second-order valence-electron chi connectivity index (χ2n) is 10.6. The summed E-state index contributed by atoms with van der Waals surface area (Å²) in [5, 5.41) is 1.10. The van der Waals surface area contributed by atoms with Gasteiger partial charge in [-0.2, -0.15) is 0 Å². The zero-order chi connectivity index (χ0) is 25.5. The van der Waals surface area contributed by atoms with E-state index in [1.54, 1.807) is 14.2 Å². The maximum atomic E-state index is 14.2. The van der Waals surface area contributed by atoms with Crippen LogP contribution in [0.5, 0.6) is 11.5 Å². The number of methoxy groups -OCH3 is 2. The number of nitrogens with zero attached hydrogens (tertiary/aromatic N) is 2. The molecule has 3 aromatic rings. The zero-order valence-corrected chi connectivity index (χ0v) is 21.7. The van der Waals surface area contributed by atoms with E-state index in [0.717, 1.165) is 53.4 Å². The number of hydrogen-bond donors (Lipinski definition) is 1. The molecule has 2 atom stereocenters. The third-order valence-electron chi connectivity index (χ3n) is 8.54. The van der Waals surface area contributed by atoms with E-state index in [9.17, 15) is 9.59 Å². The lowest BCUT2D eigenvalue weighted by molar-refractivity contribution is -0.161. The van der Waals surface area contributed by atoms with Gasteiger partial charge in [-0.15, -0.1) is 0 Å². The number of amides is 2. The number of carbonyl (C=O) groups excluding carboxylic acids is 2. The van der Waals surface area contributed by atoms with Crippen molar-refractivity contribution in [3.8, 4) is 11.5 Å². The number of hydrogen-bond acceptors (Lipinski definition) is 4. The van der Waals surface area contributed by atoms with Crippen LogP contribution in [0.1, 0.15) is 67.8 Å². The summed E-state index contributed by atoms with van der Waals surface area (Å²) in [6.45, 7) is 0.137. The fraction of sp³-hybridized carbons (Fsp3) is 0.467. The number of H-pyrrole nitrogens is 1. The molecule has 1 unspecified atom stereocenters. The van der Waals surface area contributed by atoms with Crippen LogP contribution in [0.2, 0.25) is 0 Å². The van der Waals surface area contributed by atoms with Gasteiger partial charge < -0.3 is 24.3 Å². The monoisotopic (exact) mass is 501 g/mol. The van der Waals surface area contributed by atoms with Gasteiger partial charge in [-0.3, -0.25) is 9.59 Å². The number of aromatic amines is 1. The third-order valence-corrected chi connectivity index (χ3v) is 8.54. The highest BCUT2D eigenvalue weighted by molar-refractivity contribution is 5.98. The van der Waals surface area contributed by atoms with Crippen LogP contribution in [0.3, 0.4) is 0 Å². The van der Waals surface area contributed by atoms with Crippen LogP contribution >= 0.6 is 0 Å². The summed E-state index contributed by atoms with van der Waals surface area (Å²) < 4.78 is 11.3. The highest BCUT2D eigenvalue weighted by Gasteiger charge is 2.50. The molecule has 0 spiro atoms. The summed E-state index contributed by atoms with van der Waals surface area (Å²) >= 11 is 0. The van der Waals surface area contributed by atoms with E-state index in [1.807, 2.05) is 40.1 Å². The topological polar surface area (TPSA) is 74.9 Å². The average Bonchev–Trinajstić information content (AvgIpc) is 3.28. The predicted octanol–water partition coefficient (Wildman–Crippen LogP) is 4.98. The smallest absolute Gasteiger partial charge is 0.246 e. The molecule has 3 aliphatic rings. The Kier molecular flexibility index (Phi) is 6.31. The molecule has 2 aromatic carbocycles. The van der Waals surface area contributed by atoms with Gasteiger partial charge in [0.1, 0.15) is 30.1 Å². The Labute approximate surface area is 217 Å². The average molecular weight is 502 g/mol. The van der Waals surface area contributed by atoms with Gasteiger partial charge in [0.05, 0.1) is 14.2 Å². The summed E-state index contributed by atoms with van der Waals surface area (Å²) in [6, 6.07) is 13.0. The van der Waals surface area contributed by atoms with Gasteiger partial charge >= 0.3 is 0 Å². The molecule has 1 aromatic heterocycles. The van der Waals surface area contributed by atoms with Gasteiger partial charge in [0, 0.05) is 34.6 Å². The quantitative estimate of drug-likeness (QED) is 0.547. The van der Waals surface area contributed by atoms with Crippen LogP contribution in [0.25, 0.3) is 10.9 Å². The number of aromatic nitrogens is 1. The molecular weight excluding hydrogens is 466 g/mol. The highest BCUT2D eigenvalue weighted by atomic mass is 16.5. The Hall–Kier alpha value is -3.48. The molecule has 2 amide bonds. The zero-order valence-electron chi connectivity index (χ0n) is 21.7. The molecule has 6 rings (SSSR count). The van der Waals surface area contributed by atoms with E-state index in [-0.39, 0.29) is 24.4 Å². The number of para-hydroxylation sites is 1. The molecule has 1 N–H and O–H groups in total. The fourth-order valence-electron chi connectivity index (χ4n) is 6.72. The van der Waals surface area contributed by atoms with E-state index in [2.05, 4.69) is 17.1 Å². The molecule has 2 aliphatic heterocycles.